The van der Waals surface area contributed by atoms with E-state index in [-0.39, 0.29) is 12.0 Å². The molecule has 2 rings (SSSR count). The molecule has 1 fully saturated rings. The van der Waals surface area contributed by atoms with Crippen molar-refractivity contribution in [3.8, 4) is 5.75 Å². The van der Waals surface area contributed by atoms with Gasteiger partial charge in [-0.15, -0.1) is 0 Å². The van der Waals surface area contributed by atoms with Crippen molar-refractivity contribution in [2.24, 2.45) is 5.92 Å². The Morgan fingerprint density at radius 1 is 1.41 bits per heavy atom. The maximum Gasteiger partial charge on any atom is 0.251 e. The Balaban J connectivity index is 1.74. The first-order valence-electron chi connectivity index (χ1n) is 8.44. The average Bonchev–Trinajstić information content (AvgIpc) is 2.56. The molecule has 2 atom stereocenters. The van der Waals surface area contributed by atoms with Crippen molar-refractivity contribution in [1.82, 2.24) is 10.6 Å². The Labute approximate surface area is 133 Å². The van der Waals surface area contributed by atoms with Crippen LogP contribution in [0.5, 0.6) is 5.75 Å². The first kappa shape index (κ1) is 16.8. The fourth-order valence-corrected chi connectivity index (χ4v) is 2.66. The third kappa shape index (κ3) is 5.34. The van der Waals surface area contributed by atoms with Gasteiger partial charge in [-0.2, -0.15) is 0 Å². The molecule has 22 heavy (non-hydrogen) atoms. The van der Waals surface area contributed by atoms with Crippen LogP contribution >= 0.6 is 0 Å². The zero-order chi connectivity index (χ0) is 15.8. The van der Waals surface area contributed by atoms with Gasteiger partial charge < -0.3 is 15.4 Å². The maximum absolute atomic E-state index is 12.1. The lowest BCUT2D eigenvalue weighted by atomic mass is 9.96. The summed E-state index contributed by atoms with van der Waals surface area (Å²) in [6.07, 6.45) is 4.73. The highest BCUT2D eigenvalue weighted by molar-refractivity contribution is 5.94. The van der Waals surface area contributed by atoms with Crippen LogP contribution in [0.25, 0.3) is 0 Å². The van der Waals surface area contributed by atoms with E-state index in [1.807, 2.05) is 31.2 Å². The molecule has 0 radical (unpaired) electrons. The number of hydrogen-bond acceptors (Lipinski definition) is 3. The zero-order valence-electron chi connectivity index (χ0n) is 13.7. The van der Waals surface area contributed by atoms with E-state index in [4.69, 9.17) is 4.74 Å². The molecule has 2 unspecified atom stereocenters. The predicted molar refractivity (Wildman–Crippen MR) is 89.4 cm³/mol. The fourth-order valence-electron chi connectivity index (χ4n) is 2.66. The number of benzene rings is 1. The minimum atomic E-state index is -0.00106. The second-order valence-electron chi connectivity index (χ2n) is 6.12. The van der Waals surface area contributed by atoms with Gasteiger partial charge in [-0.3, -0.25) is 4.79 Å². The van der Waals surface area contributed by atoms with Gasteiger partial charge in [0.25, 0.3) is 5.91 Å². The highest BCUT2D eigenvalue weighted by Gasteiger charge is 2.13. The molecule has 0 saturated carbocycles. The van der Waals surface area contributed by atoms with Gasteiger partial charge in [0.05, 0.1) is 6.10 Å². The van der Waals surface area contributed by atoms with Crippen LogP contribution < -0.4 is 15.4 Å². The summed E-state index contributed by atoms with van der Waals surface area (Å²) in [6, 6.07) is 7.39. The molecule has 0 spiro atoms. The molecule has 122 valence electrons. The summed E-state index contributed by atoms with van der Waals surface area (Å²) in [4.78, 5) is 12.1. The van der Waals surface area contributed by atoms with Crippen molar-refractivity contribution in [2.45, 2.75) is 45.6 Å². The summed E-state index contributed by atoms with van der Waals surface area (Å²) in [5.74, 6) is 1.51. The van der Waals surface area contributed by atoms with Crippen LogP contribution in [-0.2, 0) is 0 Å². The zero-order valence-corrected chi connectivity index (χ0v) is 13.7. The Morgan fingerprint density at radius 3 is 2.82 bits per heavy atom. The van der Waals surface area contributed by atoms with Gasteiger partial charge in [-0.1, -0.05) is 6.92 Å². The van der Waals surface area contributed by atoms with Crippen molar-refractivity contribution in [3.05, 3.63) is 29.8 Å². The molecule has 1 aliphatic rings. The van der Waals surface area contributed by atoms with Gasteiger partial charge in [0.1, 0.15) is 5.75 Å². The number of ether oxygens (including phenoxy) is 1. The summed E-state index contributed by atoms with van der Waals surface area (Å²) in [6.45, 7) is 7.09. The summed E-state index contributed by atoms with van der Waals surface area (Å²) in [7, 11) is 0. The van der Waals surface area contributed by atoms with Crippen molar-refractivity contribution >= 4 is 5.91 Å². The van der Waals surface area contributed by atoms with Gasteiger partial charge in [-0.25, -0.2) is 0 Å². The highest BCUT2D eigenvalue weighted by atomic mass is 16.5. The maximum atomic E-state index is 12.1. The largest absolute Gasteiger partial charge is 0.491 e. The smallest absolute Gasteiger partial charge is 0.251 e. The Bertz CT molecular complexity index is 453. The number of carbonyl (C=O) groups excluding carboxylic acids is 1. The third-order valence-electron chi connectivity index (χ3n) is 4.27. The standard InChI is InChI=1S/C18H28N2O2/c1-3-14(2)22-17-8-6-16(7-9-17)18(21)20-12-10-15-5-4-11-19-13-15/h6-9,14-15,19H,3-5,10-13H2,1-2H3,(H,20,21). The molecule has 1 saturated heterocycles. The summed E-state index contributed by atoms with van der Waals surface area (Å²) >= 11 is 0. The lowest BCUT2D eigenvalue weighted by Gasteiger charge is -2.22. The normalized spacial score (nSPS) is 19.5. The first-order valence-corrected chi connectivity index (χ1v) is 8.44. The fraction of sp³-hybridized carbons (Fsp3) is 0.611. The molecule has 1 aromatic rings. The number of carbonyl (C=O) groups is 1. The van der Waals surface area contributed by atoms with Crippen LogP contribution in [0, 0.1) is 5.92 Å². The molecule has 0 bridgehead atoms. The van der Waals surface area contributed by atoms with Crippen LogP contribution in [0.1, 0.15) is 49.9 Å². The van der Waals surface area contributed by atoms with Crippen LogP contribution in [0.3, 0.4) is 0 Å². The quantitative estimate of drug-likeness (QED) is 0.814. The lowest BCUT2D eigenvalue weighted by molar-refractivity contribution is 0.0950. The monoisotopic (exact) mass is 304 g/mol. The Morgan fingerprint density at radius 2 is 2.18 bits per heavy atom. The molecule has 1 aliphatic heterocycles. The highest BCUT2D eigenvalue weighted by Crippen LogP contribution is 2.15. The SMILES string of the molecule is CCC(C)Oc1ccc(C(=O)NCCC2CCCNC2)cc1. The minimum absolute atomic E-state index is 0.00106. The van der Waals surface area contributed by atoms with Crippen LogP contribution in [0.15, 0.2) is 24.3 Å². The Hall–Kier alpha value is -1.55. The van der Waals surface area contributed by atoms with E-state index in [9.17, 15) is 4.79 Å². The lowest BCUT2D eigenvalue weighted by Crippen LogP contribution is -2.33. The molecule has 1 heterocycles. The number of amides is 1. The van der Waals surface area contributed by atoms with E-state index < -0.39 is 0 Å². The van der Waals surface area contributed by atoms with Crippen molar-refractivity contribution < 1.29 is 9.53 Å². The Kier molecular flexibility index (Phi) is 6.72. The average molecular weight is 304 g/mol. The topological polar surface area (TPSA) is 50.4 Å². The van der Waals surface area contributed by atoms with E-state index in [0.29, 0.717) is 11.5 Å². The summed E-state index contributed by atoms with van der Waals surface area (Å²) in [5.41, 5.74) is 0.693. The van der Waals surface area contributed by atoms with Gasteiger partial charge in [0, 0.05) is 12.1 Å². The van der Waals surface area contributed by atoms with E-state index in [0.717, 1.165) is 38.2 Å². The van der Waals surface area contributed by atoms with Crippen LogP contribution in [0.2, 0.25) is 0 Å². The molecule has 0 aliphatic carbocycles. The third-order valence-corrected chi connectivity index (χ3v) is 4.27. The summed E-state index contributed by atoms with van der Waals surface area (Å²) < 4.78 is 5.72. The number of hydrogen-bond donors (Lipinski definition) is 2. The minimum Gasteiger partial charge on any atom is -0.491 e. The molecule has 0 aromatic heterocycles. The van der Waals surface area contributed by atoms with Crippen molar-refractivity contribution in [1.29, 1.82) is 0 Å². The van der Waals surface area contributed by atoms with E-state index in [1.54, 1.807) is 0 Å². The number of rotatable bonds is 7. The van der Waals surface area contributed by atoms with Gasteiger partial charge >= 0.3 is 0 Å². The van der Waals surface area contributed by atoms with Crippen molar-refractivity contribution in [3.63, 3.8) is 0 Å². The number of piperidine rings is 1. The molecule has 1 amide bonds. The second-order valence-corrected chi connectivity index (χ2v) is 6.12. The second kappa shape index (κ2) is 8.79. The van der Waals surface area contributed by atoms with E-state index >= 15 is 0 Å². The number of nitrogens with one attached hydrogen (secondary N) is 2. The van der Waals surface area contributed by atoms with E-state index in [2.05, 4.69) is 17.6 Å². The van der Waals surface area contributed by atoms with Crippen molar-refractivity contribution in [2.75, 3.05) is 19.6 Å². The van der Waals surface area contributed by atoms with Gasteiger partial charge in [-0.05, 0) is 75.9 Å². The van der Waals surface area contributed by atoms with Gasteiger partial charge in [0.15, 0.2) is 0 Å². The molecule has 4 heteroatoms. The molecule has 4 nitrogen and oxygen atoms in total. The summed E-state index contributed by atoms with van der Waals surface area (Å²) in [5, 5.41) is 6.41. The van der Waals surface area contributed by atoms with Crippen LogP contribution in [0.4, 0.5) is 0 Å². The molecular formula is C18H28N2O2. The van der Waals surface area contributed by atoms with Crippen LogP contribution in [-0.4, -0.2) is 31.6 Å². The predicted octanol–water partition coefficient (Wildman–Crippen LogP) is 2.98. The molecular weight excluding hydrogens is 276 g/mol. The first-order chi connectivity index (χ1) is 10.7. The van der Waals surface area contributed by atoms with Gasteiger partial charge in [0.2, 0.25) is 0 Å². The molecule has 2 N–H and O–H groups in total. The molecule has 1 aromatic carbocycles. The van der Waals surface area contributed by atoms with E-state index in [1.165, 1.54) is 12.8 Å².